The number of nitrogens with zero attached hydrogens (tertiary/aromatic N) is 1. The van der Waals surface area contributed by atoms with Gasteiger partial charge in [-0.1, -0.05) is 18.2 Å². The van der Waals surface area contributed by atoms with E-state index in [1.165, 1.54) is 0 Å². The minimum Gasteiger partial charge on any atom is -0.348 e. The SMILES string of the molecule is NCCc1ccccc1C(=O)NCc1cn[nH]c1. The largest absolute Gasteiger partial charge is 0.348 e. The van der Waals surface area contributed by atoms with E-state index in [1.54, 1.807) is 12.4 Å². The molecule has 2 rings (SSSR count). The van der Waals surface area contributed by atoms with Crippen molar-refractivity contribution >= 4 is 5.91 Å². The van der Waals surface area contributed by atoms with Crippen LogP contribution in [-0.4, -0.2) is 22.6 Å². The van der Waals surface area contributed by atoms with E-state index in [9.17, 15) is 4.79 Å². The first-order chi connectivity index (χ1) is 8.81. The molecule has 2 aromatic rings. The molecule has 0 radical (unpaired) electrons. The Labute approximate surface area is 105 Å². The minimum atomic E-state index is -0.0831. The minimum absolute atomic E-state index is 0.0831. The Kier molecular flexibility index (Phi) is 4.09. The van der Waals surface area contributed by atoms with Crippen molar-refractivity contribution in [1.29, 1.82) is 0 Å². The normalized spacial score (nSPS) is 10.3. The van der Waals surface area contributed by atoms with Gasteiger partial charge in [-0.05, 0) is 24.6 Å². The number of benzene rings is 1. The van der Waals surface area contributed by atoms with Gasteiger partial charge in [0.25, 0.3) is 5.91 Å². The standard InChI is InChI=1S/C13H16N4O/c14-6-5-11-3-1-2-4-12(11)13(18)15-7-10-8-16-17-9-10/h1-4,8-9H,5-7,14H2,(H,15,18)(H,16,17). The van der Waals surface area contributed by atoms with Gasteiger partial charge in [0.15, 0.2) is 0 Å². The van der Waals surface area contributed by atoms with Crippen LogP contribution in [-0.2, 0) is 13.0 Å². The van der Waals surface area contributed by atoms with Gasteiger partial charge in [0.1, 0.15) is 0 Å². The van der Waals surface area contributed by atoms with Gasteiger partial charge in [0, 0.05) is 23.9 Å². The molecule has 4 N–H and O–H groups in total. The van der Waals surface area contributed by atoms with E-state index >= 15 is 0 Å². The predicted octanol–water partition coefficient (Wildman–Crippen LogP) is 0.841. The van der Waals surface area contributed by atoms with Crippen molar-refractivity contribution in [2.75, 3.05) is 6.54 Å². The van der Waals surface area contributed by atoms with Gasteiger partial charge in [-0.15, -0.1) is 0 Å². The van der Waals surface area contributed by atoms with E-state index in [-0.39, 0.29) is 5.91 Å². The molecule has 0 aliphatic rings. The maximum Gasteiger partial charge on any atom is 0.251 e. The summed E-state index contributed by atoms with van der Waals surface area (Å²) in [6.07, 6.45) is 4.15. The number of hydrogen-bond acceptors (Lipinski definition) is 3. The highest BCUT2D eigenvalue weighted by atomic mass is 16.1. The molecule has 5 nitrogen and oxygen atoms in total. The van der Waals surface area contributed by atoms with Gasteiger partial charge in [-0.25, -0.2) is 0 Å². The molecule has 5 heteroatoms. The molecule has 0 saturated heterocycles. The Morgan fingerprint density at radius 2 is 2.22 bits per heavy atom. The van der Waals surface area contributed by atoms with Crippen LogP contribution in [0.1, 0.15) is 21.5 Å². The zero-order valence-electron chi connectivity index (χ0n) is 10.0. The van der Waals surface area contributed by atoms with E-state index in [4.69, 9.17) is 5.73 Å². The number of nitrogens with one attached hydrogen (secondary N) is 2. The summed E-state index contributed by atoms with van der Waals surface area (Å²) in [5.74, 6) is -0.0831. The van der Waals surface area contributed by atoms with Crippen LogP contribution in [0.15, 0.2) is 36.7 Å². The van der Waals surface area contributed by atoms with Crippen LogP contribution < -0.4 is 11.1 Å². The summed E-state index contributed by atoms with van der Waals surface area (Å²) in [6.45, 7) is 0.998. The first-order valence-electron chi connectivity index (χ1n) is 5.85. The van der Waals surface area contributed by atoms with Gasteiger partial charge >= 0.3 is 0 Å². The zero-order valence-corrected chi connectivity index (χ0v) is 10.0. The summed E-state index contributed by atoms with van der Waals surface area (Å²) in [6, 6.07) is 7.51. The molecule has 18 heavy (non-hydrogen) atoms. The maximum absolute atomic E-state index is 12.1. The lowest BCUT2D eigenvalue weighted by atomic mass is 10.0. The summed E-state index contributed by atoms with van der Waals surface area (Å²) in [4.78, 5) is 12.1. The highest BCUT2D eigenvalue weighted by molar-refractivity contribution is 5.95. The molecule has 0 aliphatic heterocycles. The topological polar surface area (TPSA) is 83.8 Å². The van der Waals surface area contributed by atoms with Crippen molar-refractivity contribution in [3.63, 3.8) is 0 Å². The van der Waals surface area contributed by atoms with Crippen LogP contribution in [0.3, 0.4) is 0 Å². The molecule has 1 heterocycles. The van der Waals surface area contributed by atoms with E-state index in [0.29, 0.717) is 25.1 Å². The number of amides is 1. The second-order valence-corrected chi connectivity index (χ2v) is 3.99. The lowest BCUT2D eigenvalue weighted by Gasteiger charge is -2.08. The smallest absolute Gasteiger partial charge is 0.251 e. The summed E-state index contributed by atoms with van der Waals surface area (Å²) in [5, 5.41) is 9.39. The van der Waals surface area contributed by atoms with Crippen LogP contribution in [0.4, 0.5) is 0 Å². The number of nitrogens with two attached hydrogens (primary N) is 1. The molecule has 0 bridgehead atoms. The second kappa shape index (κ2) is 5.97. The number of carbonyl (C=O) groups is 1. The Bertz CT molecular complexity index is 507. The average molecular weight is 244 g/mol. The van der Waals surface area contributed by atoms with Gasteiger partial charge in [0.2, 0.25) is 0 Å². The van der Waals surface area contributed by atoms with E-state index in [1.807, 2.05) is 24.3 Å². The number of aromatic nitrogens is 2. The number of rotatable bonds is 5. The fourth-order valence-electron chi connectivity index (χ4n) is 1.77. The highest BCUT2D eigenvalue weighted by Gasteiger charge is 2.09. The van der Waals surface area contributed by atoms with E-state index in [2.05, 4.69) is 15.5 Å². The molecule has 0 unspecified atom stereocenters. The molecule has 1 aromatic heterocycles. The molecule has 1 aromatic carbocycles. The van der Waals surface area contributed by atoms with Crippen molar-refractivity contribution in [1.82, 2.24) is 15.5 Å². The van der Waals surface area contributed by atoms with Gasteiger partial charge in [0.05, 0.1) is 6.20 Å². The first-order valence-corrected chi connectivity index (χ1v) is 5.85. The average Bonchev–Trinajstić information content (AvgIpc) is 2.90. The second-order valence-electron chi connectivity index (χ2n) is 3.99. The zero-order chi connectivity index (χ0) is 12.8. The summed E-state index contributed by atoms with van der Waals surface area (Å²) >= 11 is 0. The Morgan fingerprint density at radius 3 is 2.94 bits per heavy atom. The lowest BCUT2D eigenvalue weighted by Crippen LogP contribution is -2.24. The van der Waals surface area contributed by atoms with Crippen LogP contribution in [0.25, 0.3) is 0 Å². The summed E-state index contributed by atoms with van der Waals surface area (Å²) < 4.78 is 0. The molecule has 0 aliphatic carbocycles. The summed E-state index contributed by atoms with van der Waals surface area (Å²) in [5.41, 5.74) is 8.14. The Balaban J connectivity index is 2.04. The third kappa shape index (κ3) is 2.95. The predicted molar refractivity (Wildman–Crippen MR) is 69.0 cm³/mol. The number of carbonyl (C=O) groups excluding carboxylic acids is 1. The van der Waals surface area contributed by atoms with Crippen molar-refractivity contribution in [2.24, 2.45) is 5.73 Å². The first kappa shape index (κ1) is 12.3. The van der Waals surface area contributed by atoms with Crippen molar-refractivity contribution < 1.29 is 4.79 Å². The third-order valence-electron chi connectivity index (χ3n) is 2.68. The molecule has 0 atom stereocenters. The number of hydrogen-bond donors (Lipinski definition) is 3. The van der Waals surface area contributed by atoms with Crippen LogP contribution in [0.5, 0.6) is 0 Å². The summed E-state index contributed by atoms with van der Waals surface area (Å²) in [7, 11) is 0. The highest BCUT2D eigenvalue weighted by Crippen LogP contribution is 2.09. The van der Waals surface area contributed by atoms with Crippen LogP contribution in [0, 0.1) is 0 Å². The van der Waals surface area contributed by atoms with Gasteiger partial charge in [-0.2, -0.15) is 5.10 Å². The molecule has 0 saturated carbocycles. The van der Waals surface area contributed by atoms with Crippen molar-refractivity contribution in [2.45, 2.75) is 13.0 Å². The molecular formula is C13H16N4O. The number of aromatic amines is 1. The van der Waals surface area contributed by atoms with Gasteiger partial charge in [-0.3, -0.25) is 9.89 Å². The lowest BCUT2D eigenvalue weighted by molar-refractivity contribution is 0.0950. The van der Waals surface area contributed by atoms with Crippen molar-refractivity contribution in [3.8, 4) is 0 Å². The molecular weight excluding hydrogens is 228 g/mol. The van der Waals surface area contributed by atoms with E-state index in [0.717, 1.165) is 11.1 Å². The molecule has 1 amide bonds. The Morgan fingerprint density at radius 1 is 1.39 bits per heavy atom. The van der Waals surface area contributed by atoms with Crippen LogP contribution in [0.2, 0.25) is 0 Å². The fraction of sp³-hybridized carbons (Fsp3) is 0.231. The van der Waals surface area contributed by atoms with Gasteiger partial charge < -0.3 is 11.1 Å². The van der Waals surface area contributed by atoms with Crippen molar-refractivity contribution in [3.05, 3.63) is 53.3 Å². The molecule has 0 fully saturated rings. The molecule has 94 valence electrons. The number of H-pyrrole nitrogens is 1. The van der Waals surface area contributed by atoms with E-state index < -0.39 is 0 Å². The maximum atomic E-state index is 12.1. The quantitative estimate of drug-likeness (QED) is 0.728. The Hall–Kier alpha value is -2.14. The monoisotopic (exact) mass is 244 g/mol. The fourth-order valence-corrected chi connectivity index (χ4v) is 1.77. The third-order valence-corrected chi connectivity index (χ3v) is 2.68. The van der Waals surface area contributed by atoms with Crippen LogP contribution >= 0.6 is 0 Å². The molecule has 0 spiro atoms.